The van der Waals surface area contributed by atoms with E-state index in [1.54, 1.807) is 18.5 Å². The van der Waals surface area contributed by atoms with Crippen LogP contribution in [0.5, 0.6) is 0 Å². The van der Waals surface area contributed by atoms with Crippen molar-refractivity contribution in [2.75, 3.05) is 11.9 Å². The summed E-state index contributed by atoms with van der Waals surface area (Å²) >= 11 is 0. The Morgan fingerprint density at radius 1 is 1.00 bits per heavy atom. The number of H-pyrrole nitrogens is 1. The molecule has 40 heavy (non-hydrogen) atoms. The summed E-state index contributed by atoms with van der Waals surface area (Å²) in [4.78, 5) is 26.8. The van der Waals surface area contributed by atoms with Crippen LogP contribution in [0.15, 0.2) is 91.4 Å². The lowest BCUT2D eigenvalue weighted by atomic mass is 10.1. The summed E-state index contributed by atoms with van der Waals surface area (Å²) in [5.74, 6) is 0.514. The van der Waals surface area contributed by atoms with Gasteiger partial charge in [-0.2, -0.15) is 0 Å². The third-order valence-electron chi connectivity index (χ3n) is 7.30. The van der Waals surface area contributed by atoms with E-state index in [0.717, 1.165) is 33.1 Å². The topological polar surface area (TPSA) is 97.8 Å². The summed E-state index contributed by atoms with van der Waals surface area (Å²) < 4.78 is 17.9. The number of benzene rings is 4. The predicted molar refractivity (Wildman–Crippen MR) is 156 cm³/mol. The van der Waals surface area contributed by atoms with E-state index in [0.29, 0.717) is 33.9 Å². The second kappa shape index (κ2) is 8.81. The first-order valence-electron chi connectivity index (χ1n) is 12.7. The van der Waals surface area contributed by atoms with E-state index in [2.05, 4.69) is 32.7 Å². The molecule has 0 fully saturated rings. The highest BCUT2D eigenvalue weighted by atomic mass is 19.1. The van der Waals surface area contributed by atoms with Crippen molar-refractivity contribution >= 4 is 50.3 Å². The van der Waals surface area contributed by atoms with E-state index >= 15 is 0 Å². The predicted octanol–water partition coefficient (Wildman–Crippen LogP) is 6.07. The van der Waals surface area contributed by atoms with Gasteiger partial charge in [-0.3, -0.25) is 4.79 Å². The number of nitrogens with two attached hydrogens (primary N) is 1. The number of aromatic nitrogens is 5. The fourth-order valence-corrected chi connectivity index (χ4v) is 5.44. The molecule has 8 nitrogen and oxygen atoms in total. The summed E-state index contributed by atoms with van der Waals surface area (Å²) in [6.45, 7) is 0. The Balaban J connectivity index is 1.48. The molecule has 0 aliphatic rings. The molecule has 0 radical (unpaired) electrons. The number of amides is 1. The fraction of sp³-hybridized carbons (Fsp3) is 0.0645. The van der Waals surface area contributed by atoms with E-state index in [1.807, 2.05) is 66.2 Å². The molecular formula is C31H24FN7O. The lowest BCUT2D eigenvalue weighted by molar-refractivity contribution is 0.100. The molecule has 0 atom stereocenters. The number of imidazole rings is 2. The molecule has 0 spiro atoms. The molecule has 0 aliphatic heterocycles. The van der Waals surface area contributed by atoms with Crippen molar-refractivity contribution in [3.63, 3.8) is 0 Å². The van der Waals surface area contributed by atoms with Gasteiger partial charge in [0.05, 0.1) is 39.6 Å². The van der Waals surface area contributed by atoms with Crippen molar-refractivity contribution in [3.05, 3.63) is 103 Å². The Hall–Kier alpha value is -5.44. The van der Waals surface area contributed by atoms with Gasteiger partial charge >= 0.3 is 0 Å². The van der Waals surface area contributed by atoms with Crippen LogP contribution in [-0.4, -0.2) is 37.0 Å². The van der Waals surface area contributed by atoms with Gasteiger partial charge in [-0.25, -0.2) is 14.4 Å². The van der Waals surface area contributed by atoms with Crippen molar-refractivity contribution in [3.8, 4) is 17.1 Å². The summed E-state index contributed by atoms with van der Waals surface area (Å²) in [5.41, 5.74) is 11.9. The number of aryl methyl sites for hydroxylation is 1. The molecule has 0 bridgehead atoms. The summed E-state index contributed by atoms with van der Waals surface area (Å²) in [5, 5.41) is 2.05. The van der Waals surface area contributed by atoms with Crippen LogP contribution in [0.25, 0.3) is 49.9 Å². The highest BCUT2D eigenvalue weighted by Gasteiger charge is 2.21. The smallest absolute Gasteiger partial charge is 0.250 e. The van der Waals surface area contributed by atoms with Gasteiger partial charge in [-0.15, -0.1) is 0 Å². The summed E-state index contributed by atoms with van der Waals surface area (Å²) in [7, 11) is 3.76. The molecule has 0 saturated carbocycles. The maximum absolute atomic E-state index is 13.9. The van der Waals surface area contributed by atoms with Crippen LogP contribution in [0.2, 0.25) is 0 Å². The fourth-order valence-electron chi connectivity index (χ4n) is 5.44. The molecule has 9 heteroatoms. The number of anilines is 2. The number of halogens is 1. The van der Waals surface area contributed by atoms with Crippen LogP contribution in [0.4, 0.5) is 15.9 Å². The molecule has 3 N–H and O–H groups in total. The van der Waals surface area contributed by atoms with Crippen LogP contribution in [0, 0.1) is 5.82 Å². The zero-order valence-corrected chi connectivity index (χ0v) is 21.8. The number of hydrogen-bond donors (Lipinski definition) is 2. The highest BCUT2D eigenvalue weighted by Crippen LogP contribution is 2.39. The van der Waals surface area contributed by atoms with Gasteiger partial charge in [0.1, 0.15) is 11.6 Å². The minimum atomic E-state index is -0.518. The molecule has 7 aromatic rings. The maximum Gasteiger partial charge on any atom is 0.250 e. The van der Waals surface area contributed by atoms with Gasteiger partial charge in [0, 0.05) is 42.3 Å². The van der Waals surface area contributed by atoms with Crippen LogP contribution in [0.3, 0.4) is 0 Å². The largest absolute Gasteiger partial charge is 0.366 e. The monoisotopic (exact) mass is 529 g/mol. The van der Waals surface area contributed by atoms with Gasteiger partial charge < -0.3 is 24.8 Å². The number of primary amides is 1. The average Bonchev–Trinajstić information content (AvgIpc) is 3.67. The van der Waals surface area contributed by atoms with E-state index in [4.69, 9.17) is 10.7 Å². The van der Waals surface area contributed by atoms with E-state index in [9.17, 15) is 9.18 Å². The minimum absolute atomic E-state index is 0.316. The lowest BCUT2D eigenvalue weighted by Crippen LogP contribution is -2.19. The number of fused-ring (bicyclic) bond motifs is 4. The number of nitrogens with one attached hydrogen (secondary N) is 1. The van der Waals surface area contributed by atoms with Crippen LogP contribution >= 0.6 is 0 Å². The van der Waals surface area contributed by atoms with Crippen LogP contribution < -0.4 is 10.6 Å². The third kappa shape index (κ3) is 3.63. The number of rotatable bonds is 5. The Bertz CT molecular complexity index is 2100. The first-order chi connectivity index (χ1) is 19.4. The molecule has 3 heterocycles. The van der Waals surface area contributed by atoms with Gasteiger partial charge in [0.15, 0.2) is 5.82 Å². The summed E-state index contributed by atoms with van der Waals surface area (Å²) in [6.07, 6.45) is 3.59. The number of aromatic amines is 1. The average molecular weight is 530 g/mol. The third-order valence-corrected chi connectivity index (χ3v) is 7.30. The molecule has 1 amide bonds. The second-order valence-corrected chi connectivity index (χ2v) is 9.82. The quantitative estimate of drug-likeness (QED) is 0.283. The van der Waals surface area contributed by atoms with Gasteiger partial charge in [0.25, 0.3) is 5.91 Å². The van der Waals surface area contributed by atoms with Crippen molar-refractivity contribution in [1.29, 1.82) is 0 Å². The zero-order chi connectivity index (χ0) is 27.5. The summed E-state index contributed by atoms with van der Waals surface area (Å²) in [6, 6.07) is 24.4. The second-order valence-electron chi connectivity index (χ2n) is 9.82. The maximum atomic E-state index is 13.9. The number of hydrogen-bond acceptors (Lipinski definition) is 4. The SMILES string of the molecule is CN(c1cn(C)cn1)c1cc(-n2c3ccccc3c3c(-c4nc5ccc(F)cc5[nH]4)cccc32)ccc1C(N)=O. The molecule has 196 valence electrons. The molecule has 7 rings (SSSR count). The molecule has 0 saturated heterocycles. The number of para-hydroxylation sites is 1. The van der Waals surface area contributed by atoms with Gasteiger partial charge in [-0.1, -0.05) is 30.3 Å². The van der Waals surface area contributed by atoms with E-state index in [-0.39, 0.29) is 5.82 Å². The molecule has 0 aliphatic carbocycles. The molecular weight excluding hydrogens is 505 g/mol. The van der Waals surface area contributed by atoms with Gasteiger partial charge in [0.2, 0.25) is 0 Å². The Labute approximate surface area is 228 Å². The Morgan fingerprint density at radius 3 is 2.62 bits per heavy atom. The minimum Gasteiger partial charge on any atom is -0.366 e. The number of carbonyl (C=O) groups is 1. The number of nitrogens with zero attached hydrogens (tertiary/aromatic N) is 5. The van der Waals surface area contributed by atoms with Crippen molar-refractivity contribution in [2.24, 2.45) is 12.8 Å². The first kappa shape index (κ1) is 23.7. The standard InChI is InChI=1S/C31H24FN7O/c1-37-16-28(34-17-37)38(2)27-15-19(11-12-21(27)30(33)40)39-25-8-4-3-6-20(25)29-22(7-5-9-26(29)39)31-35-23-13-10-18(32)14-24(23)36-31/h3-17H,1-2H3,(H2,33,40)(H,35,36). The van der Waals surface area contributed by atoms with E-state index in [1.165, 1.54) is 12.1 Å². The van der Waals surface area contributed by atoms with Crippen molar-refractivity contribution < 1.29 is 9.18 Å². The van der Waals surface area contributed by atoms with Crippen molar-refractivity contribution in [1.82, 2.24) is 24.1 Å². The normalized spacial score (nSPS) is 11.6. The molecule has 4 aromatic carbocycles. The van der Waals surface area contributed by atoms with Crippen LogP contribution in [0.1, 0.15) is 10.4 Å². The first-order valence-corrected chi connectivity index (χ1v) is 12.7. The molecule has 0 unspecified atom stereocenters. The Kier molecular flexibility index (Phi) is 5.21. The molecule has 3 aromatic heterocycles. The van der Waals surface area contributed by atoms with Crippen molar-refractivity contribution in [2.45, 2.75) is 0 Å². The number of carbonyl (C=O) groups excluding carboxylic acids is 1. The van der Waals surface area contributed by atoms with Crippen LogP contribution in [-0.2, 0) is 7.05 Å². The highest BCUT2D eigenvalue weighted by molar-refractivity contribution is 6.15. The zero-order valence-electron chi connectivity index (χ0n) is 21.8. The Morgan fingerprint density at radius 2 is 1.82 bits per heavy atom. The lowest BCUT2D eigenvalue weighted by Gasteiger charge is -2.21. The van der Waals surface area contributed by atoms with E-state index < -0.39 is 5.91 Å². The van der Waals surface area contributed by atoms with Gasteiger partial charge in [-0.05, 0) is 48.5 Å².